The zero-order chi connectivity index (χ0) is 18.0. The average molecular weight is 355 g/mol. The van der Waals surface area contributed by atoms with E-state index in [0.717, 1.165) is 0 Å². The van der Waals surface area contributed by atoms with Gasteiger partial charge in [-0.15, -0.1) is 0 Å². The minimum atomic E-state index is -3.28. The maximum absolute atomic E-state index is 12.1. The zero-order valence-electron chi connectivity index (χ0n) is 13.6. The molecule has 0 fully saturated rings. The van der Waals surface area contributed by atoms with Gasteiger partial charge in [0.25, 0.3) is 0 Å². The molecular weight excluding hydrogens is 338 g/mol. The highest BCUT2D eigenvalue weighted by atomic mass is 32.2. The maximum Gasteiger partial charge on any atom is 0.336 e. The molecule has 128 valence electrons. The van der Waals surface area contributed by atoms with Gasteiger partial charge in [0.2, 0.25) is 0 Å². The molecular formula is C19H17NO4S. The molecule has 2 aromatic carbocycles. The lowest BCUT2D eigenvalue weighted by molar-refractivity contribution is 0.0699. The van der Waals surface area contributed by atoms with Gasteiger partial charge in [0, 0.05) is 10.9 Å². The van der Waals surface area contributed by atoms with Crippen LogP contribution in [0.15, 0.2) is 59.5 Å². The molecule has 0 saturated heterocycles. The summed E-state index contributed by atoms with van der Waals surface area (Å²) in [6, 6.07) is 14.9. The number of fused-ring (bicyclic) bond motifs is 1. The van der Waals surface area contributed by atoms with E-state index >= 15 is 0 Å². The second kappa shape index (κ2) is 6.64. The number of para-hydroxylation sites is 1. The Morgan fingerprint density at radius 1 is 1.08 bits per heavy atom. The summed E-state index contributed by atoms with van der Waals surface area (Å²) in [5.41, 5.74) is 1.92. The Morgan fingerprint density at radius 3 is 2.40 bits per heavy atom. The molecule has 0 atom stereocenters. The number of hydrogen-bond donors (Lipinski definition) is 1. The van der Waals surface area contributed by atoms with E-state index in [2.05, 4.69) is 4.98 Å². The summed E-state index contributed by atoms with van der Waals surface area (Å²) >= 11 is 0. The molecule has 0 spiro atoms. The summed E-state index contributed by atoms with van der Waals surface area (Å²) in [5, 5.41) is 10.0. The molecule has 0 aliphatic heterocycles. The molecule has 0 radical (unpaired) electrons. The molecule has 5 nitrogen and oxygen atoms in total. The Bertz CT molecular complexity index is 1040. The summed E-state index contributed by atoms with van der Waals surface area (Å²) in [6.07, 6.45) is 0.554. The van der Waals surface area contributed by atoms with Crippen molar-refractivity contribution in [3.8, 4) is 11.3 Å². The molecule has 1 heterocycles. The van der Waals surface area contributed by atoms with Gasteiger partial charge in [-0.1, -0.05) is 37.3 Å². The van der Waals surface area contributed by atoms with Gasteiger partial charge >= 0.3 is 5.97 Å². The summed E-state index contributed by atoms with van der Waals surface area (Å²) in [4.78, 5) is 16.3. The minimum absolute atomic E-state index is 0.101. The van der Waals surface area contributed by atoms with Crippen molar-refractivity contribution in [3.05, 3.63) is 60.2 Å². The normalized spacial score (nSPS) is 11.6. The molecule has 0 aliphatic rings. The van der Waals surface area contributed by atoms with Gasteiger partial charge in [-0.2, -0.15) is 0 Å². The van der Waals surface area contributed by atoms with Gasteiger partial charge in [0.15, 0.2) is 9.84 Å². The fraction of sp³-hybridized carbons (Fsp3) is 0.158. The van der Waals surface area contributed by atoms with Crippen molar-refractivity contribution in [2.45, 2.75) is 18.2 Å². The summed E-state index contributed by atoms with van der Waals surface area (Å²) in [7, 11) is -3.28. The number of rotatable bonds is 5. The predicted molar refractivity (Wildman–Crippen MR) is 96.5 cm³/mol. The number of hydrogen-bond acceptors (Lipinski definition) is 4. The van der Waals surface area contributed by atoms with E-state index in [9.17, 15) is 18.3 Å². The first-order chi connectivity index (χ1) is 11.9. The van der Waals surface area contributed by atoms with Crippen LogP contribution in [0.3, 0.4) is 0 Å². The van der Waals surface area contributed by atoms with Crippen LogP contribution in [0.5, 0.6) is 0 Å². The molecule has 0 amide bonds. The average Bonchev–Trinajstić information content (AvgIpc) is 2.60. The molecule has 3 aromatic rings. The highest BCUT2D eigenvalue weighted by Gasteiger charge is 2.15. The van der Waals surface area contributed by atoms with Crippen molar-refractivity contribution in [3.63, 3.8) is 0 Å². The number of aromatic nitrogens is 1. The van der Waals surface area contributed by atoms with E-state index in [0.29, 0.717) is 28.6 Å². The lowest BCUT2D eigenvalue weighted by atomic mass is 10.0. The van der Waals surface area contributed by atoms with E-state index in [4.69, 9.17) is 0 Å². The molecule has 1 N–H and O–H groups in total. The molecule has 25 heavy (non-hydrogen) atoms. The highest BCUT2D eigenvalue weighted by Crippen LogP contribution is 2.26. The van der Waals surface area contributed by atoms with Gasteiger partial charge in [0.1, 0.15) is 0 Å². The highest BCUT2D eigenvalue weighted by molar-refractivity contribution is 7.91. The predicted octanol–water partition coefficient (Wildman–Crippen LogP) is 3.78. The number of carboxylic acid groups (broad SMARTS) is 1. The Kier molecular flexibility index (Phi) is 4.55. The van der Waals surface area contributed by atoms with Crippen LogP contribution in [-0.2, 0) is 9.84 Å². The maximum atomic E-state index is 12.1. The number of aromatic carboxylic acids is 1. The van der Waals surface area contributed by atoms with Crippen LogP contribution in [0.4, 0.5) is 0 Å². The Morgan fingerprint density at radius 2 is 1.76 bits per heavy atom. The molecule has 0 saturated carbocycles. The van der Waals surface area contributed by atoms with Crippen molar-refractivity contribution in [2.24, 2.45) is 0 Å². The van der Waals surface area contributed by atoms with Crippen LogP contribution in [0.1, 0.15) is 23.7 Å². The van der Waals surface area contributed by atoms with E-state index in [1.54, 1.807) is 36.4 Å². The van der Waals surface area contributed by atoms with Gasteiger partial charge in [-0.3, -0.25) is 0 Å². The van der Waals surface area contributed by atoms with E-state index in [1.807, 2.05) is 6.92 Å². The number of pyridine rings is 1. The first-order valence-corrected chi connectivity index (χ1v) is 9.54. The first kappa shape index (κ1) is 17.1. The Labute approximate surface area is 145 Å². The molecule has 3 rings (SSSR count). The number of nitrogens with zero attached hydrogens (tertiary/aromatic N) is 1. The minimum Gasteiger partial charge on any atom is -0.478 e. The van der Waals surface area contributed by atoms with Gasteiger partial charge in [0.05, 0.1) is 27.4 Å². The monoisotopic (exact) mass is 355 g/mol. The van der Waals surface area contributed by atoms with E-state index in [-0.39, 0.29) is 16.2 Å². The van der Waals surface area contributed by atoms with E-state index in [1.165, 1.54) is 18.2 Å². The van der Waals surface area contributed by atoms with Crippen LogP contribution < -0.4 is 0 Å². The smallest absolute Gasteiger partial charge is 0.336 e. The SMILES string of the molecule is CCCS(=O)(=O)c1ccc(-c2cc(C(=O)O)c3ccccc3n2)cc1. The van der Waals surface area contributed by atoms with Crippen LogP contribution in [0, 0.1) is 0 Å². The van der Waals surface area contributed by atoms with E-state index < -0.39 is 15.8 Å². The largest absolute Gasteiger partial charge is 0.478 e. The first-order valence-electron chi connectivity index (χ1n) is 7.88. The molecule has 0 bridgehead atoms. The lowest BCUT2D eigenvalue weighted by Crippen LogP contribution is -2.05. The summed E-state index contributed by atoms with van der Waals surface area (Å²) < 4.78 is 24.2. The van der Waals surface area contributed by atoms with Gasteiger partial charge in [-0.25, -0.2) is 18.2 Å². The number of benzene rings is 2. The topological polar surface area (TPSA) is 84.3 Å². The summed E-state index contributed by atoms with van der Waals surface area (Å²) in [5.74, 6) is -0.925. The van der Waals surface area contributed by atoms with Crippen molar-refractivity contribution >= 4 is 26.7 Å². The molecule has 0 unspecified atom stereocenters. The van der Waals surface area contributed by atoms with Crippen molar-refractivity contribution in [2.75, 3.05) is 5.75 Å². The second-order valence-electron chi connectivity index (χ2n) is 5.72. The molecule has 1 aromatic heterocycles. The fourth-order valence-corrected chi connectivity index (χ4v) is 4.04. The number of carbonyl (C=O) groups is 1. The lowest BCUT2D eigenvalue weighted by Gasteiger charge is -2.08. The quantitative estimate of drug-likeness (QED) is 0.753. The van der Waals surface area contributed by atoms with Gasteiger partial charge in [-0.05, 0) is 30.7 Å². The molecule has 6 heteroatoms. The van der Waals surface area contributed by atoms with Crippen LogP contribution in [0.2, 0.25) is 0 Å². The number of sulfone groups is 1. The molecule has 0 aliphatic carbocycles. The third-order valence-electron chi connectivity index (χ3n) is 3.93. The number of carboxylic acids is 1. The third-order valence-corrected chi connectivity index (χ3v) is 5.86. The van der Waals surface area contributed by atoms with Gasteiger partial charge < -0.3 is 5.11 Å². The van der Waals surface area contributed by atoms with Crippen LogP contribution >= 0.6 is 0 Å². The standard InChI is InChI=1S/C19H17NO4S/c1-2-11-25(23,24)14-9-7-13(8-10-14)18-12-16(19(21)22)15-5-3-4-6-17(15)20-18/h3-10,12H,2,11H2,1H3,(H,21,22). The van der Waals surface area contributed by atoms with Crippen molar-refractivity contribution in [1.82, 2.24) is 4.98 Å². The third kappa shape index (κ3) is 3.39. The Hall–Kier alpha value is -2.73. The fourth-order valence-electron chi connectivity index (χ4n) is 2.72. The second-order valence-corrected chi connectivity index (χ2v) is 7.83. The van der Waals surface area contributed by atoms with Crippen LogP contribution in [-0.4, -0.2) is 30.2 Å². The van der Waals surface area contributed by atoms with Crippen molar-refractivity contribution < 1.29 is 18.3 Å². The summed E-state index contributed by atoms with van der Waals surface area (Å²) in [6.45, 7) is 1.82. The van der Waals surface area contributed by atoms with Crippen LogP contribution in [0.25, 0.3) is 22.2 Å². The van der Waals surface area contributed by atoms with Crippen molar-refractivity contribution in [1.29, 1.82) is 0 Å². The Balaban J connectivity index is 2.09. The zero-order valence-corrected chi connectivity index (χ0v) is 14.5.